The van der Waals surface area contributed by atoms with Gasteiger partial charge in [0.25, 0.3) is 0 Å². The number of rotatable bonds is 47. The molecule has 362 valence electrons. The van der Waals surface area contributed by atoms with E-state index in [4.69, 9.17) is 14.2 Å². The number of hydrogen-bond donors (Lipinski definition) is 0. The molecule has 0 N–H and O–H groups in total. The second kappa shape index (κ2) is 51.5. The first-order valence-electron chi connectivity index (χ1n) is 26.4. The first kappa shape index (κ1) is 59.9. The average molecular weight is 879 g/mol. The Morgan fingerprint density at radius 1 is 0.333 bits per heavy atom. The standard InChI is InChI=1S/C57H98O6/c1-4-7-10-13-16-19-22-25-27-28-30-32-35-38-41-44-47-50-56(59)62-53-54(52-61-55(58)49-46-43-40-37-34-31-24-21-18-15-12-9-6-3)63-57(60)51-48-45-42-39-36-33-29-26-23-20-17-14-11-8-5-2/h8,11,17,20-21,24-27,29,36,39,54H,4-7,9-10,12-16,18-19,22-23,28,30-35,37-38,40-53H2,1-3H3/b11-8-,20-17-,24-21-,27-25-,29-26-,39-36-/t54-/m1/s1. The summed E-state index contributed by atoms with van der Waals surface area (Å²) in [6, 6.07) is 0. The van der Waals surface area contributed by atoms with Crippen LogP contribution in [0.5, 0.6) is 0 Å². The van der Waals surface area contributed by atoms with Gasteiger partial charge in [0, 0.05) is 19.3 Å². The predicted octanol–water partition coefficient (Wildman–Crippen LogP) is 17.4. The summed E-state index contributed by atoms with van der Waals surface area (Å²) < 4.78 is 16.8. The maximum Gasteiger partial charge on any atom is 0.306 e. The molecule has 0 aliphatic heterocycles. The van der Waals surface area contributed by atoms with Crippen LogP contribution in [0.4, 0.5) is 0 Å². The lowest BCUT2D eigenvalue weighted by Crippen LogP contribution is -2.30. The van der Waals surface area contributed by atoms with E-state index in [1.807, 2.05) is 0 Å². The summed E-state index contributed by atoms with van der Waals surface area (Å²) in [5.41, 5.74) is 0. The number of unbranched alkanes of at least 4 members (excludes halogenated alkanes) is 24. The molecule has 6 heteroatoms. The van der Waals surface area contributed by atoms with Crippen molar-refractivity contribution in [3.63, 3.8) is 0 Å². The second-order valence-electron chi connectivity index (χ2n) is 17.4. The minimum atomic E-state index is -0.801. The summed E-state index contributed by atoms with van der Waals surface area (Å²) in [5, 5.41) is 0. The van der Waals surface area contributed by atoms with E-state index in [1.165, 1.54) is 122 Å². The highest BCUT2D eigenvalue weighted by Gasteiger charge is 2.19. The van der Waals surface area contributed by atoms with Crippen LogP contribution in [0.15, 0.2) is 72.9 Å². The molecule has 0 saturated heterocycles. The lowest BCUT2D eigenvalue weighted by atomic mass is 10.1. The summed E-state index contributed by atoms with van der Waals surface area (Å²) in [6.07, 6.45) is 64.6. The van der Waals surface area contributed by atoms with E-state index in [-0.39, 0.29) is 37.5 Å². The molecule has 0 heterocycles. The van der Waals surface area contributed by atoms with E-state index in [1.54, 1.807) is 0 Å². The summed E-state index contributed by atoms with van der Waals surface area (Å²) in [5.74, 6) is -0.949. The van der Waals surface area contributed by atoms with Gasteiger partial charge in [-0.3, -0.25) is 14.4 Å². The highest BCUT2D eigenvalue weighted by Crippen LogP contribution is 2.14. The van der Waals surface area contributed by atoms with Crippen LogP contribution in [0.1, 0.15) is 252 Å². The number of carbonyl (C=O) groups excluding carboxylic acids is 3. The molecule has 0 saturated carbocycles. The summed E-state index contributed by atoms with van der Waals surface area (Å²) in [6.45, 7) is 6.46. The van der Waals surface area contributed by atoms with Crippen molar-refractivity contribution in [3.8, 4) is 0 Å². The molecule has 0 unspecified atom stereocenters. The topological polar surface area (TPSA) is 78.9 Å². The Kier molecular flexibility index (Phi) is 48.9. The fourth-order valence-corrected chi connectivity index (χ4v) is 7.19. The molecule has 1 atom stereocenters. The number of carbonyl (C=O) groups is 3. The third-order valence-electron chi connectivity index (χ3n) is 11.2. The molecule has 0 rings (SSSR count). The van der Waals surface area contributed by atoms with Crippen molar-refractivity contribution < 1.29 is 28.6 Å². The average Bonchev–Trinajstić information content (AvgIpc) is 3.28. The molecule has 0 radical (unpaired) electrons. The third-order valence-corrected chi connectivity index (χ3v) is 11.2. The van der Waals surface area contributed by atoms with Gasteiger partial charge in [-0.05, 0) is 109 Å². The summed E-state index contributed by atoms with van der Waals surface area (Å²) in [4.78, 5) is 38.0. The zero-order chi connectivity index (χ0) is 45.8. The quantitative estimate of drug-likeness (QED) is 0.0262. The predicted molar refractivity (Wildman–Crippen MR) is 270 cm³/mol. The molecule has 0 aromatic heterocycles. The normalized spacial score (nSPS) is 12.6. The smallest absolute Gasteiger partial charge is 0.306 e. The molecule has 0 aromatic carbocycles. The van der Waals surface area contributed by atoms with Gasteiger partial charge in [-0.25, -0.2) is 0 Å². The Morgan fingerprint density at radius 2 is 0.619 bits per heavy atom. The van der Waals surface area contributed by atoms with Crippen LogP contribution < -0.4 is 0 Å². The van der Waals surface area contributed by atoms with E-state index in [0.29, 0.717) is 19.3 Å². The van der Waals surface area contributed by atoms with Gasteiger partial charge >= 0.3 is 17.9 Å². The van der Waals surface area contributed by atoms with E-state index >= 15 is 0 Å². The van der Waals surface area contributed by atoms with Crippen molar-refractivity contribution >= 4 is 17.9 Å². The number of hydrogen-bond acceptors (Lipinski definition) is 6. The van der Waals surface area contributed by atoms with Crippen LogP contribution in [-0.2, 0) is 28.6 Å². The Hall–Kier alpha value is -3.15. The molecule has 0 amide bonds. The summed E-state index contributed by atoms with van der Waals surface area (Å²) in [7, 11) is 0. The molecule has 63 heavy (non-hydrogen) atoms. The molecular formula is C57H98O6. The lowest BCUT2D eigenvalue weighted by Gasteiger charge is -2.18. The first-order chi connectivity index (χ1) is 31.0. The van der Waals surface area contributed by atoms with Crippen LogP contribution in [-0.4, -0.2) is 37.2 Å². The van der Waals surface area contributed by atoms with Crippen molar-refractivity contribution in [2.24, 2.45) is 0 Å². The van der Waals surface area contributed by atoms with Gasteiger partial charge in [0.15, 0.2) is 6.10 Å². The Bertz CT molecular complexity index is 1190. The van der Waals surface area contributed by atoms with Crippen molar-refractivity contribution in [1.82, 2.24) is 0 Å². The van der Waals surface area contributed by atoms with Gasteiger partial charge in [0.1, 0.15) is 13.2 Å². The Labute approximate surface area is 389 Å². The monoisotopic (exact) mass is 879 g/mol. The van der Waals surface area contributed by atoms with E-state index in [0.717, 1.165) is 83.5 Å². The van der Waals surface area contributed by atoms with Crippen LogP contribution in [0, 0.1) is 0 Å². The number of ether oxygens (including phenoxy) is 3. The van der Waals surface area contributed by atoms with E-state index in [2.05, 4.69) is 93.7 Å². The van der Waals surface area contributed by atoms with Crippen LogP contribution in [0.3, 0.4) is 0 Å². The fourth-order valence-electron chi connectivity index (χ4n) is 7.19. The summed E-state index contributed by atoms with van der Waals surface area (Å²) >= 11 is 0. The zero-order valence-electron chi connectivity index (χ0n) is 41.3. The minimum absolute atomic E-state index is 0.0968. The van der Waals surface area contributed by atoms with Crippen LogP contribution >= 0.6 is 0 Å². The SMILES string of the molecule is CC/C=C\C/C=C\C/C=C\C/C=C\CCCCC(=O)O[C@H](COC(=O)CCCCCCC/C=C\CCCCCC)COC(=O)CCCCCCCCC/C=C\CCCCCCCC. The molecule has 0 bridgehead atoms. The van der Waals surface area contributed by atoms with E-state index in [9.17, 15) is 14.4 Å². The highest BCUT2D eigenvalue weighted by molar-refractivity contribution is 5.71. The first-order valence-corrected chi connectivity index (χ1v) is 26.4. The maximum absolute atomic E-state index is 12.8. The molecular weight excluding hydrogens is 781 g/mol. The molecule has 0 fully saturated rings. The van der Waals surface area contributed by atoms with Crippen molar-refractivity contribution in [2.75, 3.05) is 13.2 Å². The molecule has 0 spiro atoms. The van der Waals surface area contributed by atoms with Gasteiger partial charge in [-0.2, -0.15) is 0 Å². The molecule has 0 aliphatic rings. The molecule has 6 nitrogen and oxygen atoms in total. The van der Waals surface area contributed by atoms with Crippen LogP contribution in [0.2, 0.25) is 0 Å². The van der Waals surface area contributed by atoms with Gasteiger partial charge < -0.3 is 14.2 Å². The fraction of sp³-hybridized carbons (Fsp3) is 0.737. The van der Waals surface area contributed by atoms with Gasteiger partial charge in [0.2, 0.25) is 0 Å². The van der Waals surface area contributed by atoms with Gasteiger partial charge in [-0.15, -0.1) is 0 Å². The third kappa shape index (κ3) is 49.7. The van der Waals surface area contributed by atoms with Gasteiger partial charge in [-0.1, -0.05) is 196 Å². The molecule has 0 aliphatic carbocycles. The largest absolute Gasteiger partial charge is 0.462 e. The van der Waals surface area contributed by atoms with E-state index < -0.39 is 6.10 Å². The number of esters is 3. The minimum Gasteiger partial charge on any atom is -0.462 e. The molecule has 0 aromatic rings. The maximum atomic E-state index is 12.8. The highest BCUT2D eigenvalue weighted by atomic mass is 16.6. The Balaban J connectivity index is 4.45. The van der Waals surface area contributed by atoms with Crippen molar-refractivity contribution in [3.05, 3.63) is 72.9 Å². The zero-order valence-corrected chi connectivity index (χ0v) is 41.3. The second-order valence-corrected chi connectivity index (χ2v) is 17.4. The Morgan fingerprint density at radius 3 is 1.03 bits per heavy atom. The van der Waals surface area contributed by atoms with Crippen molar-refractivity contribution in [2.45, 2.75) is 258 Å². The lowest BCUT2D eigenvalue weighted by molar-refractivity contribution is -0.167. The van der Waals surface area contributed by atoms with Crippen molar-refractivity contribution in [1.29, 1.82) is 0 Å². The number of allylic oxidation sites excluding steroid dienone is 12. The van der Waals surface area contributed by atoms with Gasteiger partial charge in [0.05, 0.1) is 0 Å². The van der Waals surface area contributed by atoms with Crippen LogP contribution in [0.25, 0.3) is 0 Å².